The highest BCUT2D eigenvalue weighted by Crippen LogP contribution is 2.23. The lowest BCUT2D eigenvalue weighted by atomic mass is 10.0. The van der Waals surface area contributed by atoms with Gasteiger partial charge in [0, 0.05) is 0 Å². The predicted octanol–water partition coefficient (Wildman–Crippen LogP) is 9.20. The number of rotatable bonds is 3. The Kier molecular flexibility index (Phi) is 14.7. The Bertz CT molecular complexity index is 927. The molecule has 0 fully saturated rings. The van der Waals surface area contributed by atoms with Crippen LogP contribution >= 0.6 is 0 Å². The zero-order chi connectivity index (χ0) is 20.6. The van der Waals surface area contributed by atoms with Gasteiger partial charge >= 0.3 is 0 Å². The second kappa shape index (κ2) is 15.3. The van der Waals surface area contributed by atoms with Gasteiger partial charge in [0.05, 0.1) is 0 Å². The minimum atomic E-state index is 0. The van der Waals surface area contributed by atoms with Gasteiger partial charge in [-0.2, -0.15) is 0 Å². The van der Waals surface area contributed by atoms with Gasteiger partial charge in [-0.05, 0) is 66.8 Å². The van der Waals surface area contributed by atoms with E-state index in [4.69, 9.17) is 10.2 Å². The van der Waals surface area contributed by atoms with Crippen LogP contribution in [0, 0.1) is 13.8 Å². The average molecular weight is 447 g/mol. The van der Waals surface area contributed by atoms with E-state index in [1.54, 1.807) is 24.3 Å². The first-order chi connectivity index (χ1) is 14.0. The molecular formula is C31H42O2. The molecule has 0 spiro atoms. The first-order valence-corrected chi connectivity index (χ1v) is 9.69. The van der Waals surface area contributed by atoms with E-state index in [2.05, 4.69) is 62.4 Å². The molecule has 4 rings (SSSR count). The van der Waals surface area contributed by atoms with Gasteiger partial charge in [-0.15, -0.1) is 0 Å². The molecule has 0 saturated carbocycles. The summed E-state index contributed by atoms with van der Waals surface area (Å²) in [6, 6.07) is 31.4. The van der Waals surface area contributed by atoms with Crippen LogP contribution in [0.25, 0.3) is 11.1 Å². The molecule has 178 valence electrons. The Hall–Kier alpha value is -3.52. The number of hydrogen-bond donors (Lipinski definition) is 2. The van der Waals surface area contributed by atoms with Crippen LogP contribution in [0.1, 0.15) is 52.0 Å². The molecule has 0 amide bonds. The SMILES string of the molecule is C.C.C.C.Cc1ccc(Cc2ccc(C)cc2)cc1.Oc1ccc(-c2ccc(O)cc2)cc1. The number of phenolic OH excluding ortho intramolecular Hbond substituents is 2. The van der Waals surface area contributed by atoms with Crippen LogP contribution in [0.2, 0.25) is 0 Å². The average Bonchev–Trinajstić information content (AvgIpc) is 2.73. The van der Waals surface area contributed by atoms with E-state index < -0.39 is 0 Å². The van der Waals surface area contributed by atoms with Gasteiger partial charge in [-0.1, -0.05) is 114 Å². The van der Waals surface area contributed by atoms with Crippen LogP contribution in [-0.2, 0) is 6.42 Å². The topological polar surface area (TPSA) is 40.5 Å². The molecule has 0 bridgehead atoms. The highest BCUT2D eigenvalue weighted by atomic mass is 16.3. The van der Waals surface area contributed by atoms with E-state index in [1.165, 1.54) is 22.3 Å². The maximum Gasteiger partial charge on any atom is 0.115 e. The van der Waals surface area contributed by atoms with Crippen LogP contribution < -0.4 is 0 Å². The molecule has 0 aliphatic rings. The van der Waals surface area contributed by atoms with Gasteiger partial charge in [-0.25, -0.2) is 0 Å². The Morgan fingerprint density at radius 3 is 0.970 bits per heavy atom. The summed E-state index contributed by atoms with van der Waals surface area (Å²) in [4.78, 5) is 0. The third kappa shape index (κ3) is 10.1. The number of aryl methyl sites for hydroxylation is 2. The number of phenols is 2. The quantitative estimate of drug-likeness (QED) is 0.329. The van der Waals surface area contributed by atoms with Crippen LogP contribution in [-0.4, -0.2) is 10.2 Å². The van der Waals surface area contributed by atoms with E-state index >= 15 is 0 Å². The highest BCUT2D eigenvalue weighted by Gasteiger charge is 1.97. The molecule has 0 aliphatic heterocycles. The Labute approximate surface area is 202 Å². The van der Waals surface area contributed by atoms with Crippen molar-refractivity contribution in [3.8, 4) is 22.6 Å². The number of aromatic hydroxyl groups is 2. The van der Waals surface area contributed by atoms with Crippen molar-refractivity contribution < 1.29 is 10.2 Å². The standard InChI is InChI=1S/C15H16.C12H10O2.4CH4/c1-12-3-7-14(8-4-12)11-15-9-5-13(2)6-10-15;13-11-5-1-9(2-6-11)10-3-7-12(14)8-4-10;;;;/h3-10H,11H2,1-2H3;1-8,13-14H;4*1H4. The molecule has 0 unspecified atom stereocenters. The maximum atomic E-state index is 9.11. The van der Waals surface area contributed by atoms with Crippen molar-refractivity contribution in [2.75, 3.05) is 0 Å². The maximum absolute atomic E-state index is 9.11. The molecular weight excluding hydrogens is 404 g/mol. The van der Waals surface area contributed by atoms with Crippen molar-refractivity contribution >= 4 is 0 Å². The van der Waals surface area contributed by atoms with Crippen molar-refractivity contribution in [1.29, 1.82) is 0 Å². The second-order valence-corrected chi connectivity index (χ2v) is 7.24. The molecule has 4 aromatic rings. The molecule has 4 aromatic carbocycles. The first-order valence-electron chi connectivity index (χ1n) is 9.69. The van der Waals surface area contributed by atoms with Crippen LogP contribution in [0.3, 0.4) is 0 Å². The van der Waals surface area contributed by atoms with Gasteiger partial charge in [0.15, 0.2) is 0 Å². The van der Waals surface area contributed by atoms with Crippen LogP contribution in [0.15, 0.2) is 97.1 Å². The summed E-state index contributed by atoms with van der Waals surface area (Å²) in [5, 5.41) is 18.2. The van der Waals surface area contributed by atoms with Gasteiger partial charge in [0.1, 0.15) is 11.5 Å². The van der Waals surface area contributed by atoms with Crippen molar-refractivity contribution in [2.45, 2.75) is 50.0 Å². The van der Waals surface area contributed by atoms with E-state index in [0.29, 0.717) is 0 Å². The third-order valence-electron chi connectivity index (χ3n) is 4.72. The molecule has 0 aliphatic carbocycles. The van der Waals surface area contributed by atoms with Gasteiger partial charge in [-0.3, -0.25) is 0 Å². The van der Waals surface area contributed by atoms with Crippen LogP contribution in [0.4, 0.5) is 0 Å². The largest absolute Gasteiger partial charge is 0.508 e. The van der Waals surface area contributed by atoms with Crippen LogP contribution in [0.5, 0.6) is 11.5 Å². The monoisotopic (exact) mass is 446 g/mol. The zero-order valence-corrected chi connectivity index (χ0v) is 16.8. The van der Waals surface area contributed by atoms with Crippen molar-refractivity contribution in [3.05, 3.63) is 119 Å². The fraction of sp³-hybridized carbons (Fsp3) is 0.226. The fourth-order valence-corrected chi connectivity index (χ4v) is 2.96. The van der Waals surface area contributed by atoms with Gasteiger partial charge in [0.25, 0.3) is 0 Å². The molecule has 33 heavy (non-hydrogen) atoms. The number of hydrogen-bond acceptors (Lipinski definition) is 2. The van der Waals surface area contributed by atoms with Crippen molar-refractivity contribution in [1.82, 2.24) is 0 Å². The van der Waals surface area contributed by atoms with Gasteiger partial charge < -0.3 is 10.2 Å². The lowest BCUT2D eigenvalue weighted by Gasteiger charge is -2.03. The highest BCUT2D eigenvalue weighted by molar-refractivity contribution is 5.64. The molecule has 0 radical (unpaired) electrons. The van der Waals surface area contributed by atoms with E-state index in [1.807, 2.05) is 24.3 Å². The van der Waals surface area contributed by atoms with Gasteiger partial charge in [0.2, 0.25) is 0 Å². The summed E-state index contributed by atoms with van der Waals surface area (Å²) in [6.07, 6.45) is 1.03. The summed E-state index contributed by atoms with van der Waals surface area (Å²) >= 11 is 0. The minimum Gasteiger partial charge on any atom is -0.508 e. The fourth-order valence-electron chi connectivity index (χ4n) is 2.96. The number of benzene rings is 4. The molecule has 2 N–H and O–H groups in total. The summed E-state index contributed by atoms with van der Waals surface area (Å²) < 4.78 is 0. The predicted molar refractivity (Wildman–Crippen MR) is 147 cm³/mol. The lowest BCUT2D eigenvalue weighted by Crippen LogP contribution is -1.88. The molecule has 0 heterocycles. The second-order valence-electron chi connectivity index (χ2n) is 7.24. The van der Waals surface area contributed by atoms with Crippen molar-refractivity contribution in [3.63, 3.8) is 0 Å². The molecule has 2 heteroatoms. The first kappa shape index (κ1) is 31.7. The lowest BCUT2D eigenvalue weighted by molar-refractivity contribution is 0.474. The van der Waals surface area contributed by atoms with E-state index in [-0.39, 0.29) is 41.2 Å². The zero-order valence-electron chi connectivity index (χ0n) is 16.8. The van der Waals surface area contributed by atoms with E-state index in [9.17, 15) is 0 Å². The smallest absolute Gasteiger partial charge is 0.115 e. The molecule has 0 saturated heterocycles. The summed E-state index contributed by atoms with van der Waals surface area (Å²) in [5.41, 5.74) is 7.44. The minimum absolute atomic E-state index is 0. The Morgan fingerprint density at radius 1 is 0.424 bits per heavy atom. The molecule has 0 atom stereocenters. The molecule has 0 aromatic heterocycles. The third-order valence-corrected chi connectivity index (χ3v) is 4.72. The van der Waals surface area contributed by atoms with Crippen molar-refractivity contribution in [2.24, 2.45) is 0 Å². The normalized spacial score (nSPS) is 8.91. The summed E-state index contributed by atoms with van der Waals surface area (Å²) in [5.74, 6) is 0.514. The van der Waals surface area contributed by atoms with E-state index in [0.717, 1.165) is 17.5 Å². The molecule has 2 nitrogen and oxygen atoms in total. The Balaban J connectivity index is 0. The Morgan fingerprint density at radius 2 is 0.697 bits per heavy atom. The summed E-state index contributed by atoms with van der Waals surface area (Å²) in [6.45, 7) is 4.24. The summed E-state index contributed by atoms with van der Waals surface area (Å²) in [7, 11) is 0.